The molecule has 2 aromatic carbocycles. The SMILES string of the molecule is Cc1cc(OCC(=O)Nc2ccccc2)c2ccccc2n1. The lowest BCUT2D eigenvalue weighted by atomic mass is 10.2. The zero-order valence-electron chi connectivity index (χ0n) is 12.2. The maximum Gasteiger partial charge on any atom is 0.262 e. The Bertz CT molecular complexity index is 801. The van der Waals surface area contributed by atoms with E-state index in [1.165, 1.54) is 0 Å². The predicted octanol–water partition coefficient (Wildman–Crippen LogP) is 3.56. The first-order valence-electron chi connectivity index (χ1n) is 7.06. The number of nitrogens with zero attached hydrogens (tertiary/aromatic N) is 1. The molecule has 1 heterocycles. The van der Waals surface area contributed by atoms with Crippen molar-refractivity contribution in [2.45, 2.75) is 6.92 Å². The van der Waals surface area contributed by atoms with E-state index in [0.29, 0.717) is 5.75 Å². The van der Waals surface area contributed by atoms with Gasteiger partial charge >= 0.3 is 0 Å². The van der Waals surface area contributed by atoms with Gasteiger partial charge in [-0.1, -0.05) is 30.3 Å². The van der Waals surface area contributed by atoms with Gasteiger partial charge in [-0.25, -0.2) is 0 Å². The van der Waals surface area contributed by atoms with Crippen LogP contribution in [-0.4, -0.2) is 17.5 Å². The van der Waals surface area contributed by atoms with Crippen LogP contribution in [0, 0.1) is 6.92 Å². The van der Waals surface area contributed by atoms with Crippen molar-refractivity contribution in [2.24, 2.45) is 0 Å². The Balaban J connectivity index is 1.72. The quantitative estimate of drug-likeness (QED) is 0.800. The fraction of sp³-hybridized carbons (Fsp3) is 0.111. The van der Waals surface area contributed by atoms with Crippen LogP contribution in [0.1, 0.15) is 5.69 Å². The van der Waals surface area contributed by atoms with Crippen LogP contribution in [0.3, 0.4) is 0 Å². The molecule has 4 nitrogen and oxygen atoms in total. The molecule has 0 bridgehead atoms. The maximum absolute atomic E-state index is 12.0. The molecule has 0 spiro atoms. The third-order valence-corrected chi connectivity index (χ3v) is 3.22. The van der Waals surface area contributed by atoms with Gasteiger partial charge in [0.2, 0.25) is 0 Å². The van der Waals surface area contributed by atoms with Crippen molar-refractivity contribution in [1.29, 1.82) is 0 Å². The number of rotatable bonds is 4. The first kappa shape index (κ1) is 14.1. The molecule has 1 aromatic heterocycles. The number of carbonyl (C=O) groups is 1. The lowest BCUT2D eigenvalue weighted by molar-refractivity contribution is -0.118. The monoisotopic (exact) mass is 292 g/mol. The number of amides is 1. The van der Waals surface area contributed by atoms with E-state index in [1.54, 1.807) is 0 Å². The molecule has 1 N–H and O–H groups in total. The first-order valence-corrected chi connectivity index (χ1v) is 7.06. The first-order chi connectivity index (χ1) is 10.7. The van der Waals surface area contributed by atoms with Crippen LogP contribution >= 0.6 is 0 Å². The maximum atomic E-state index is 12.0. The summed E-state index contributed by atoms with van der Waals surface area (Å²) in [6, 6.07) is 18.9. The van der Waals surface area contributed by atoms with Gasteiger partial charge < -0.3 is 10.1 Å². The molecule has 0 unspecified atom stereocenters. The zero-order chi connectivity index (χ0) is 15.4. The summed E-state index contributed by atoms with van der Waals surface area (Å²) in [5.41, 5.74) is 2.48. The number of anilines is 1. The molecule has 0 aliphatic carbocycles. The van der Waals surface area contributed by atoms with E-state index in [9.17, 15) is 4.79 Å². The van der Waals surface area contributed by atoms with Crippen LogP contribution in [0.2, 0.25) is 0 Å². The summed E-state index contributed by atoms with van der Waals surface area (Å²) < 4.78 is 5.68. The minimum atomic E-state index is -0.190. The van der Waals surface area contributed by atoms with Gasteiger partial charge in [0.1, 0.15) is 5.75 Å². The molecule has 0 saturated heterocycles. The minimum absolute atomic E-state index is 0.0393. The molecule has 0 atom stereocenters. The lowest BCUT2D eigenvalue weighted by Crippen LogP contribution is -2.20. The van der Waals surface area contributed by atoms with E-state index in [2.05, 4.69) is 10.3 Å². The number of hydrogen-bond donors (Lipinski definition) is 1. The number of nitrogens with one attached hydrogen (secondary N) is 1. The summed E-state index contributed by atoms with van der Waals surface area (Å²) in [4.78, 5) is 16.4. The number of carbonyl (C=O) groups excluding carboxylic acids is 1. The molecule has 3 rings (SSSR count). The average Bonchev–Trinajstić information content (AvgIpc) is 2.53. The molecule has 4 heteroatoms. The van der Waals surface area contributed by atoms with E-state index in [4.69, 9.17) is 4.74 Å². The molecule has 0 fully saturated rings. The van der Waals surface area contributed by atoms with Gasteiger partial charge in [-0.2, -0.15) is 0 Å². The molecular weight excluding hydrogens is 276 g/mol. The van der Waals surface area contributed by atoms with Crippen LogP contribution in [0.15, 0.2) is 60.7 Å². The van der Waals surface area contributed by atoms with E-state index < -0.39 is 0 Å². The van der Waals surface area contributed by atoms with Crippen LogP contribution in [-0.2, 0) is 4.79 Å². The van der Waals surface area contributed by atoms with Crippen LogP contribution in [0.4, 0.5) is 5.69 Å². The van der Waals surface area contributed by atoms with Crippen molar-refractivity contribution in [3.8, 4) is 5.75 Å². The van der Waals surface area contributed by atoms with Crippen molar-refractivity contribution in [1.82, 2.24) is 4.98 Å². The molecule has 0 aliphatic rings. The van der Waals surface area contributed by atoms with E-state index in [0.717, 1.165) is 22.3 Å². The van der Waals surface area contributed by atoms with E-state index in [-0.39, 0.29) is 12.5 Å². The summed E-state index contributed by atoms with van der Waals surface area (Å²) in [5.74, 6) is 0.482. The molecule has 3 aromatic rings. The van der Waals surface area contributed by atoms with Gasteiger partial charge in [-0.05, 0) is 31.2 Å². The third kappa shape index (κ3) is 3.23. The molecule has 0 saturated carbocycles. The van der Waals surface area contributed by atoms with E-state index in [1.807, 2.05) is 67.6 Å². The van der Waals surface area contributed by atoms with Crippen molar-refractivity contribution >= 4 is 22.5 Å². The molecule has 0 radical (unpaired) electrons. The number of benzene rings is 2. The van der Waals surface area contributed by atoms with Gasteiger partial charge in [-0.3, -0.25) is 9.78 Å². The number of fused-ring (bicyclic) bond motifs is 1. The van der Waals surface area contributed by atoms with Crippen molar-refractivity contribution in [3.63, 3.8) is 0 Å². The second-order valence-electron chi connectivity index (χ2n) is 4.98. The molecular formula is C18H16N2O2. The molecule has 0 aliphatic heterocycles. The number of para-hydroxylation sites is 2. The molecule has 110 valence electrons. The Hall–Kier alpha value is -2.88. The second-order valence-corrected chi connectivity index (χ2v) is 4.98. The summed E-state index contributed by atoms with van der Waals surface area (Å²) >= 11 is 0. The number of pyridine rings is 1. The highest BCUT2D eigenvalue weighted by Gasteiger charge is 2.08. The Morgan fingerprint density at radius 1 is 1.09 bits per heavy atom. The highest BCUT2D eigenvalue weighted by Crippen LogP contribution is 2.25. The third-order valence-electron chi connectivity index (χ3n) is 3.22. The minimum Gasteiger partial charge on any atom is -0.483 e. The van der Waals surface area contributed by atoms with Crippen molar-refractivity contribution < 1.29 is 9.53 Å². The largest absolute Gasteiger partial charge is 0.483 e. The fourth-order valence-corrected chi connectivity index (χ4v) is 2.25. The second kappa shape index (κ2) is 6.26. The van der Waals surface area contributed by atoms with Crippen LogP contribution < -0.4 is 10.1 Å². The average molecular weight is 292 g/mol. The lowest BCUT2D eigenvalue weighted by Gasteiger charge is -2.10. The Morgan fingerprint density at radius 2 is 1.82 bits per heavy atom. The molecule has 1 amide bonds. The highest BCUT2D eigenvalue weighted by molar-refractivity contribution is 5.92. The summed E-state index contributed by atoms with van der Waals surface area (Å²) in [6.45, 7) is 1.87. The number of hydrogen-bond acceptors (Lipinski definition) is 3. The Morgan fingerprint density at radius 3 is 2.64 bits per heavy atom. The summed E-state index contributed by atoms with van der Waals surface area (Å²) in [6.07, 6.45) is 0. The van der Waals surface area contributed by atoms with Gasteiger partial charge in [0.05, 0.1) is 5.52 Å². The van der Waals surface area contributed by atoms with Crippen LogP contribution in [0.25, 0.3) is 10.9 Å². The van der Waals surface area contributed by atoms with Gasteiger partial charge in [0.25, 0.3) is 5.91 Å². The summed E-state index contributed by atoms with van der Waals surface area (Å²) in [5, 5.41) is 3.70. The topological polar surface area (TPSA) is 51.2 Å². The van der Waals surface area contributed by atoms with Crippen molar-refractivity contribution in [3.05, 3.63) is 66.4 Å². The Kier molecular flexibility index (Phi) is 4.01. The fourth-order valence-electron chi connectivity index (χ4n) is 2.25. The Labute approximate surface area is 128 Å². The van der Waals surface area contributed by atoms with Gasteiger partial charge in [0, 0.05) is 22.8 Å². The number of aromatic nitrogens is 1. The van der Waals surface area contributed by atoms with Gasteiger partial charge in [0.15, 0.2) is 6.61 Å². The number of ether oxygens (including phenoxy) is 1. The predicted molar refractivity (Wildman–Crippen MR) is 87.0 cm³/mol. The zero-order valence-corrected chi connectivity index (χ0v) is 12.2. The number of aryl methyl sites for hydroxylation is 1. The van der Waals surface area contributed by atoms with Crippen molar-refractivity contribution in [2.75, 3.05) is 11.9 Å². The standard InChI is InChI=1S/C18H16N2O2/c1-13-11-17(15-9-5-6-10-16(15)19-13)22-12-18(21)20-14-7-3-2-4-8-14/h2-11H,12H2,1H3,(H,20,21). The molecule has 22 heavy (non-hydrogen) atoms. The highest BCUT2D eigenvalue weighted by atomic mass is 16.5. The van der Waals surface area contributed by atoms with Gasteiger partial charge in [-0.15, -0.1) is 0 Å². The van der Waals surface area contributed by atoms with E-state index >= 15 is 0 Å². The van der Waals surface area contributed by atoms with Crippen LogP contribution in [0.5, 0.6) is 5.75 Å². The summed E-state index contributed by atoms with van der Waals surface area (Å²) in [7, 11) is 0. The normalized spacial score (nSPS) is 10.4. The smallest absolute Gasteiger partial charge is 0.262 e.